The minimum atomic E-state index is -0.286. The van der Waals surface area contributed by atoms with E-state index in [0.29, 0.717) is 6.54 Å². The van der Waals surface area contributed by atoms with Gasteiger partial charge in [-0.2, -0.15) is 0 Å². The van der Waals surface area contributed by atoms with Gasteiger partial charge in [-0.15, -0.1) is 0 Å². The van der Waals surface area contributed by atoms with Crippen LogP contribution in [-0.2, 0) is 9.53 Å². The maximum absolute atomic E-state index is 11.2. The average Bonchev–Trinajstić information content (AvgIpc) is 1.98. The zero-order valence-electron chi connectivity index (χ0n) is 8.33. The molecule has 0 aliphatic rings. The van der Waals surface area contributed by atoms with Crippen LogP contribution in [0.15, 0.2) is 12.5 Å². The standard InChI is InChI=1S/C9H17NO3/c1-6(2)13-9(12)7(3)5-10-8(4)11/h6-7,10-11H,4-5H2,1-3H3. The molecule has 0 aliphatic carbocycles. The fraction of sp³-hybridized carbons (Fsp3) is 0.667. The first kappa shape index (κ1) is 11.8. The Morgan fingerprint density at radius 1 is 1.54 bits per heavy atom. The van der Waals surface area contributed by atoms with Gasteiger partial charge in [0.2, 0.25) is 0 Å². The molecule has 0 bridgehead atoms. The van der Waals surface area contributed by atoms with E-state index in [1.54, 1.807) is 20.8 Å². The van der Waals surface area contributed by atoms with Gasteiger partial charge >= 0.3 is 5.97 Å². The minimum Gasteiger partial charge on any atom is -0.495 e. The number of carbonyl (C=O) groups excluding carboxylic acids is 1. The molecule has 2 N–H and O–H groups in total. The summed E-state index contributed by atoms with van der Waals surface area (Å²) >= 11 is 0. The molecule has 0 rings (SSSR count). The molecule has 76 valence electrons. The molecule has 0 aromatic rings. The first-order valence-electron chi connectivity index (χ1n) is 4.25. The fourth-order valence-electron chi connectivity index (χ4n) is 0.703. The summed E-state index contributed by atoms with van der Waals surface area (Å²) in [6.45, 7) is 8.89. The Morgan fingerprint density at radius 2 is 2.08 bits per heavy atom. The zero-order chi connectivity index (χ0) is 10.4. The number of nitrogens with one attached hydrogen (secondary N) is 1. The molecule has 0 heterocycles. The lowest BCUT2D eigenvalue weighted by Gasteiger charge is -2.14. The number of hydrogen-bond acceptors (Lipinski definition) is 4. The summed E-state index contributed by atoms with van der Waals surface area (Å²) < 4.78 is 4.95. The molecule has 0 aliphatic heterocycles. The van der Waals surface area contributed by atoms with Gasteiger partial charge in [-0.1, -0.05) is 6.92 Å². The normalized spacial score (nSPS) is 12.3. The quantitative estimate of drug-likeness (QED) is 0.501. The van der Waals surface area contributed by atoms with Crippen molar-refractivity contribution in [1.82, 2.24) is 5.32 Å². The van der Waals surface area contributed by atoms with E-state index < -0.39 is 0 Å². The van der Waals surface area contributed by atoms with Gasteiger partial charge in [0, 0.05) is 6.54 Å². The Balaban J connectivity index is 3.76. The fourth-order valence-corrected chi connectivity index (χ4v) is 0.703. The van der Waals surface area contributed by atoms with Gasteiger partial charge in [0.25, 0.3) is 0 Å². The van der Waals surface area contributed by atoms with Gasteiger partial charge in [0.1, 0.15) is 0 Å². The summed E-state index contributed by atoms with van der Waals surface area (Å²) in [5.41, 5.74) is 0. The molecule has 0 saturated carbocycles. The first-order chi connectivity index (χ1) is 5.93. The van der Waals surface area contributed by atoms with Crippen molar-refractivity contribution in [3.8, 4) is 0 Å². The van der Waals surface area contributed by atoms with Gasteiger partial charge in [-0.25, -0.2) is 0 Å². The Hall–Kier alpha value is -1.19. The maximum atomic E-state index is 11.2. The van der Waals surface area contributed by atoms with E-state index in [0.717, 1.165) is 0 Å². The van der Waals surface area contributed by atoms with E-state index in [9.17, 15) is 4.79 Å². The second-order valence-electron chi connectivity index (χ2n) is 3.21. The van der Waals surface area contributed by atoms with Crippen LogP contribution in [0.2, 0.25) is 0 Å². The Bertz CT molecular complexity index is 189. The van der Waals surface area contributed by atoms with Crippen LogP contribution in [0.5, 0.6) is 0 Å². The van der Waals surface area contributed by atoms with Gasteiger partial charge in [-0.3, -0.25) is 4.79 Å². The Morgan fingerprint density at radius 3 is 2.46 bits per heavy atom. The van der Waals surface area contributed by atoms with Crippen LogP contribution in [0, 0.1) is 5.92 Å². The number of carbonyl (C=O) groups is 1. The van der Waals surface area contributed by atoms with Gasteiger partial charge in [0.15, 0.2) is 5.88 Å². The van der Waals surface area contributed by atoms with Gasteiger partial charge < -0.3 is 15.2 Å². The van der Waals surface area contributed by atoms with Crippen molar-refractivity contribution in [2.24, 2.45) is 5.92 Å². The van der Waals surface area contributed by atoms with E-state index in [1.807, 2.05) is 0 Å². The number of esters is 1. The predicted octanol–water partition coefficient (Wildman–Crippen LogP) is 1.19. The van der Waals surface area contributed by atoms with E-state index in [-0.39, 0.29) is 23.9 Å². The van der Waals surface area contributed by atoms with Crippen LogP contribution < -0.4 is 5.32 Å². The molecular weight excluding hydrogens is 170 g/mol. The Kier molecular flexibility index (Phi) is 4.96. The highest BCUT2D eigenvalue weighted by Gasteiger charge is 2.15. The topological polar surface area (TPSA) is 58.6 Å². The van der Waals surface area contributed by atoms with Crippen LogP contribution in [0.25, 0.3) is 0 Å². The molecule has 0 aromatic carbocycles. The van der Waals surface area contributed by atoms with Crippen molar-refractivity contribution in [1.29, 1.82) is 0 Å². The van der Waals surface area contributed by atoms with Crippen LogP contribution in [0.1, 0.15) is 20.8 Å². The van der Waals surface area contributed by atoms with E-state index in [4.69, 9.17) is 9.84 Å². The number of hydrogen-bond donors (Lipinski definition) is 2. The van der Waals surface area contributed by atoms with Crippen LogP contribution in [0.4, 0.5) is 0 Å². The number of aliphatic hydroxyl groups excluding tert-OH is 1. The first-order valence-corrected chi connectivity index (χ1v) is 4.25. The third kappa shape index (κ3) is 6.02. The van der Waals surface area contributed by atoms with E-state index >= 15 is 0 Å². The molecule has 0 amide bonds. The predicted molar refractivity (Wildman–Crippen MR) is 50.2 cm³/mol. The highest BCUT2D eigenvalue weighted by atomic mass is 16.5. The molecule has 1 atom stereocenters. The number of aliphatic hydroxyl groups is 1. The molecule has 4 heteroatoms. The third-order valence-electron chi connectivity index (χ3n) is 1.37. The van der Waals surface area contributed by atoms with Crippen molar-refractivity contribution in [2.45, 2.75) is 26.9 Å². The summed E-state index contributed by atoms with van der Waals surface area (Å²) in [7, 11) is 0. The van der Waals surface area contributed by atoms with Crippen molar-refractivity contribution >= 4 is 5.97 Å². The van der Waals surface area contributed by atoms with Crippen LogP contribution >= 0.6 is 0 Å². The molecule has 0 fully saturated rings. The lowest BCUT2D eigenvalue weighted by Crippen LogP contribution is -2.28. The second kappa shape index (κ2) is 5.45. The largest absolute Gasteiger partial charge is 0.495 e. The minimum absolute atomic E-state index is 0.104. The molecule has 0 radical (unpaired) electrons. The van der Waals surface area contributed by atoms with Crippen molar-refractivity contribution in [2.75, 3.05) is 6.54 Å². The highest BCUT2D eigenvalue weighted by Crippen LogP contribution is 2.00. The van der Waals surface area contributed by atoms with Gasteiger partial charge in [-0.05, 0) is 20.4 Å². The maximum Gasteiger partial charge on any atom is 0.310 e. The molecule has 4 nitrogen and oxygen atoms in total. The molecule has 0 spiro atoms. The molecule has 13 heavy (non-hydrogen) atoms. The monoisotopic (exact) mass is 187 g/mol. The van der Waals surface area contributed by atoms with Crippen LogP contribution in [0.3, 0.4) is 0 Å². The molecule has 1 unspecified atom stereocenters. The molecular formula is C9H17NO3. The smallest absolute Gasteiger partial charge is 0.310 e. The molecule has 0 aromatic heterocycles. The lowest BCUT2D eigenvalue weighted by atomic mass is 10.2. The summed E-state index contributed by atoms with van der Waals surface area (Å²) in [6.07, 6.45) is -0.104. The SMILES string of the molecule is C=C(O)NCC(C)C(=O)OC(C)C. The summed E-state index contributed by atoms with van der Waals surface area (Å²) in [6, 6.07) is 0. The van der Waals surface area contributed by atoms with E-state index in [2.05, 4.69) is 11.9 Å². The second-order valence-corrected chi connectivity index (χ2v) is 3.21. The summed E-state index contributed by atoms with van der Waals surface area (Å²) in [4.78, 5) is 11.2. The zero-order valence-corrected chi connectivity index (χ0v) is 8.33. The molecule has 0 saturated heterocycles. The van der Waals surface area contributed by atoms with Crippen molar-refractivity contribution in [3.63, 3.8) is 0 Å². The number of rotatable bonds is 5. The van der Waals surface area contributed by atoms with E-state index in [1.165, 1.54) is 0 Å². The summed E-state index contributed by atoms with van der Waals surface area (Å²) in [5.74, 6) is -0.695. The Labute approximate surface area is 78.6 Å². The van der Waals surface area contributed by atoms with Crippen molar-refractivity contribution in [3.05, 3.63) is 12.5 Å². The van der Waals surface area contributed by atoms with Gasteiger partial charge in [0.05, 0.1) is 12.0 Å². The average molecular weight is 187 g/mol. The highest BCUT2D eigenvalue weighted by molar-refractivity contribution is 5.72. The summed E-state index contributed by atoms with van der Waals surface area (Å²) in [5, 5.41) is 11.3. The van der Waals surface area contributed by atoms with Crippen LogP contribution in [-0.4, -0.2) is 23.7 Å². The van der Waals surface area contributed by atoms with Crippen molar-refractivity contribution < 1.29 is 14.6 Å². The number of ether oxygens (including phenoxy) is 1. The lowest BCUT2D eigenvalue weighted by molar-refractivity contribution is -0.151. The third-order valence-corrected chi connectivity index (χ3v) is 1.37.